The summed E-state index contributed by atoms with van der Waals surface area (Å²) in [5.74, 6) is -0.176. The van der Waals surface area contributed by atoms with Crippen molar-refractivity contribution in [1.29, 1.82) is 0 Å². The number of hydrogen-bond acceptors (Lipinski definition) is 4. The summed E-state index contributed by atoms with van der Waals surface area (Å²) in [7, 11) is -2.37. The first-order valence-electron chi connectivity index (χ1n) is 6.04. The Morgan fingerprint density at radius 1 is 1.47 bits per heavy atom. The Morgan fingerprint density at radius 2 is 2.05 bits per heavy atom. The second kappa shape index (κ2) is 5.70. The van der Waals surface area contributed by atoms with Crippen LogP contribution < -0.4 is 5.14 Å². The van der Waals surface area contributed by atoms with Gasteiger partial charge in [-0.3, -0.25) is 9.89 Å². The minimum absolute atomic E-state index is 0.137. The van der Waals surface area contributed by atoms with Crippen molar-refractivity contribution in [3.63, 3.8) is 0 Å². The first kappa shape index (κ1) is 15.6. The van der Waals surface area contributed by atoms with Crippen LogP contribution in [0.1, 0.15) is 37.0 Å². The topological polar surface area (TPSA) is 109 Å². The molecule has 108 valence electrons. The van der Waals surface area contributed by atoms with E-state index in [2.05, 4.69) is 10.2 Å². The molecular formula is C11H20N4O3S. The second-order valence-electron chi connectivity index (χ2n) is 4.86. The Kier molecular flexibility index (Phi) is 4.70. The molecule has 0 fully saturated rings. The zero-order valence-electron chi connectivity index (χ0n) is 11.6. The highest BCUT2D eigenvalue weighted by Gasteiger charge is 2.28. The van der Waals surface area contributed by atoms with Gasteiger partial charge in [0.15, 0.2) is 5.69 Å². The number of amides is 1. The van der Waals surface area contributed by atoms with E-state index in [-0.39, 0.29) is 16.5 Å². The Balaban J connectivity index is 3.22. The van der Waals surface area contributed by atoms with Gasteiger partial charge < -0.3 is 4.90 Å². The fourth-order valence-corrected chi connectivity index (χ4v) is 2.81. The maximum absolute atomic E-state index is 12.2. The number of rotatable bonds is 5. The van der Waals surface area contributed by atoms with Crippen LogP contribution in [-0.2, 0) is 16.4 Å². The van der Waals surface area contributed by atoms with Gasteiger partial charge in [0.05, 0.1) is 5.69 Å². The summed E-state index contributed by atoms with van der Waals surface area (Å²) in [6.07, 6.45) is 0.403. The fourth-order valence-electron chi connectivity index (χ4n) is 1.87. The van der Waals surface area contributed by atoms with Gasteiger partial charge in [0.25, 0.3) is 5.91 Å². The normalized spacial score (nSPS) is 11.9. The van der Waals surface area contributed by atoms with E-state index < -0.39 is 15.9 Å². The van der Waals surface area contributed by atoms with E-state index in [4.69, 9.17) is 5.14 Å². The van der Waals surface area contributed by atoms with Crippen LogP contribution in [0.3, 0.4) is 0 Å². The maximum Gasteiger partial charge on any atom is 0.275 e. The highest BCUT2D eigenvalue weighted by Crippen LogP contribution is 2.19. The molecule has 0 bridgehead atoms. The van der Waals surface area contributed by atoms with Crippen LogP contribution in [0, 0.1) is 5.92 Å². The molecule has 0 aromatic carbocycles. The number of aromatic nitrogens is 2. The van der Waals surface area contributed by atoms with Gasteiger partial charge >= 0.3 is 0 Å². The lowest BCUT2D eigenvalue weighted by atomic mass is 10.2. The summed E-state index contributed by atoms with van der Waals surface area (Å²) in [6.45, 7) is 6.20. The monoisotopic (exact) mass is 288 g/mol. The standard InChI is InChI=1S/C11H20N4O3S/c1-5-8-10(19(12,17)18)9(14-13-8)11(16)15(4)6-7(2)3/h7H,5-6H2,1-4H3,(H,13,14)(H2,12,17,18). The SMILES string of the molecule is CCc1[nH]nc(C(=O)N(C)CC(C)C)c1S(N)(=O)=O. The third-order valence-electron chi connectivity index (χ3n) is 2.62. The molecule has 3 N–H and O–H groups in total. The van der Waals surface area contributed by atoms with E-state index in [1.54, 1.807) is 14.0 Å². The molecule has 0 aliphatic rings. The van der Waals surface area contributed by atoms with Crippen molar-refractivity contribution in [2.45, 2.75) is 32.1 Å². The molecule has 0 unspecified atom stereocenters. The summed E-state index contributed by atoms with van der Waals surface area (Å²) in [6, 6.07) is 0. The number of aromatic amines is 1. The summed E-state index contributed by atoms with van der Waals surface area (Å²) >= 11 is 0. The molecule has 0 aliphatic heterocycles. The van der Waals surface area contributed by atoms with Crippen molar-refractivity contribution in [3.8, 4) is 0 Å². The van der Waals surface area contributed by atoms with Gasteiger partial charge in [0, 0.05) is 13.6 Å². The molecule has 0 radical (unpaired) electrons. The van der Waals surface area contributed by atoms with E-state index in [9.17, 15) is 13.2 Å². The first-order chi connectivity index (χ1) is 8.68. The third-order valence-corrected chi connectivity index (χ3v) is 3.63. The Bertz CT molecular complexity index is 562. The van der Waals surface area contributed by atoms with Gasteiger partial charge in [-0.2, -0.15) is 5.10 Å². The third kappa shape index (κ3) is 3.54. The Morgan fingerprint density at radius 3 is 2.47 bits per heavy atom. The van der Waals surface area contributed by atoms with E-state index in [1.165, 1.54) is 4.90 Å². The van der Waals surface area contributed by atoms with Crippen LogP contribution in [0.4, 0.5) is 0 Å². The average Bonchev–Trinajstić information content (AvgIpc) is 2.70. The Hall–Kier alpha value is -1.41. The molecule has 0 saturated carbocycles. The van der Waals surface area contributed by atoms with Gasteiger partial charge in [-0.25, -0.2) is 13.6 Å². The van der Waals surface area contributed by atoms with Crippen molar-refractivity contribution < 1.29 is 13.2 Å². The van der Waals surface area contributed by atoms with Gasteiger partial charge in [-0.1, -0.05) is 20.8 Å². The number of H-pyrrole nitrogens is 1. The largest absolute Gasteiger partial charge is 0.340 e. The van der Waals surface area contributed by atoms with Gasteiger partial charge in [-0.15, -0.1) is 0 Å². The van der Waals surface area contributed by atoms with Crippen LogP contribution in [0.2, 0.25) is 0 Å². The van der Waals surface area contributed by atoms with Crippen molar-refractivity contribution in [3.05, 3.63) is 11.4 Å². The quantitative estimate of drug-likeness (QED) is 0.814. The van der Waals surface area contributed by atoms with E-state index in [1.807, 2.05) is 13.8 Å². The minimum atomic E-state index is -3.98. The molecule has 1 aromatic rings. The zero-order chi connectivity index (χ0) is 14.8. The molecule has 0 saturated heterocycles. The first-order valence-corrected chi connectivity index (χ1v) is 7.58. The summed E-state index contributed by atoms with van der Waals surface area (Å²) in [5, 5.41) is 11.5. The molecule has 7 nitrogen and oxygen atoms in total. The lowest BCUT2D eigenvalue weighted by molar-refractivity contribution is 0.0769. The van der Waals surface area contributed by atoms with Gasteiger partial charge in [0.2, 0.25) is 10.0 Å². The molecular weight excluding hydrogens is 268 g/mol. The molecule has 0 spiro atoms. The minimum Gasteiger partial charge on any atom is -0.340 e. The number of nitrogens with zero attached hydrogens (tertiary/aromatic N) is 2. The fraction of sp³-hybridized carbons (Fsp3) is 0.636. The number of carbonyl (C=O) groups excluding carboxylic acids is 1. The summed E-state index contributed by atoms with van der Waals surface area (Å²) in [4.78, 5) is 13.4. The molecule has 1 rings (SSSR count). The number of nitrogens with one attached hydrogen (secondary N) is 1. The highest BCUT2D eigenvalue weighted by atomic mass is 32.2. The number of aryl methyl sites for hydroxylation is 1. The molecule has 0 aliphatic carbocycles. The number of nitrogens with two attached hydrogens (primary N) is 1. The number of hydrogen-bond donors (Lipinski definition) is 2. The predicted octanol–water partition coefficient (Wildman–Crippen LogP) is 0.348. The molecule has 0 atom stereocenters. The van der Waals surface area contributed by atoms with E-state index >= 15 is 0 Å². The van der Waals surface area contributed by atoms with E-state index in [0.717, 1.165) is 0 Å². The summed E-state index contributed by atoms with van der Waals surface area (Å²) in [5.41, 5.74) is 0.214. The number of sulfonamides is 1. The Labute approximate surface area is 113 Å². The molecule has 8 heteroatoms. The predicted molar refractivity (Wildman–Crippen MR) is 71.1 cm³/mol. The molecule has 1 amide bonds. The summed E-state index contributed by atoms with van der Waals surface area (Å²) < 4.78 is 23.2. The van der Waals surface area contributed by atoms with Crippen LogP contribution >= 0.6 is 0 Å². The second-order valence-corrected chi connectivity index (χ2v) is 6.36. The van der Waals surface area contributed by atoms with Crippen molar-refractivity contribution in [1.82, 2.24) is 15.1 Å². The maximum atomic E-state index is 12.2. The molecule has 19 heavy (non-hydrogen) atoms. The van der Waals surface area contributed by atoms with Crippen LogP contribution in [0.25, 0.3) is 0 Å². The number of carbonyl (C=O) groups is 1. The van der Waals surface area contributed by atoms with Gasteiger partial charge in [0.1, 0.15) is 4.90 Å². The van der Waals surface area contributed by atoms with Crippen molar-refractivity contribution in [2.24, 2.45) is 11.1 Å². The smallest absolute Gasteiger partial charge is 0.275 e. The van der Waals surface area contributed by atoms with Crippen molar-refractivity contribution in [2.75, 3.05) is 13.6 Å². The van der Waals surface area contributed by atoms with Crippen LogP contribution in [0.15, 0.2) is 4.90 Å². The lowest BCUT2D eigenvalue weighted by Gasteiger charge is -2.18. The zero-order valence-corrected chi connectivity index (χ0v) is 12.4. The van der Waals surface area contributed by atoms with Crippen LogP contribution in [0.5, 0.6) is 0 Å². The van der Waals surface area contributed by atoms with Crippen molar-refractivity contribution >= 4 is 15.9 Å². The van der Waals surface area contributed by atoms with Gasteiger partial charge in [-0.05, 0) is 12.3 Å². The van der Waals surface area contributed by atoms with E-state index in [0.29, 0.717) is 18.7 Å². The van der Waals surface area contributed by atoms with Crippen LogP contribution in [-0.4, -0.2) is 43.0 Å². The molecule has 1 aromatic heterocycles. The highest BCUT2D eigenvalue weighted by molar-refractivity contribution is 7.89. The average molecular weight is 288 g/mol. The number of primary sulfonamides is 1. The molecule has 1 heterocycles. The lowest BCUT2D eigenvalue weighted by Crippen LogP contribution is -2.32.